The maximum atomic E-state index is 2.43. The van der Waals surface area contributed by atoms with Crippen molar-refractivity contribution in [3.05, 3.63) is 48.5 Å². The van der Waals surface area contributed by atoms with Gasteiger partial charge < -0.3 is 9.80 Å². The van der Waals surface area contributed by atoms with Gasteiger partial charge in [0.25, 0.3) is 0 Å². The average molecular weight is 270 g/mol. The number of hydrogen-bond donors (Lipinski definition) is 0. The third kappa shape index (κ3) is 2.48. The number of para-hydroxylation sites is 2. The van der Waals surface area contributed by atoms with Gasteiger partial charge in [0.15, 0.2) is 0 Å². The molecule has 1 heterocycles. The van der Waals surface area contributed by atoms with Gasteiger partial charge in [-0.05, 0) is 38.4 Å². The van der Waals surface area contributed by atoms with Crippen LogP contribution in [0.1, 0.15) is 0 Å². The van der Waals surface area contributed by atoms with Gasteiger partial charge in [-0.25, -0.2) is 0 Å². The zero-order valence-corrected chi connectivity index (χ0v) is 12.2. The van der Waals surface area contributed by atoms with Crippen molar-refractivity contribution in [2.24, 2.45) is 0 Å². The van der Waals surface area contributed by atoms with Crippen LogP contribution in [-0.2, 0) is 0 Å². The minimum atomic E-state index is 1.02. The van der Waals surface area contributed by atoms with Crippen molar-refractivity contribution in [1.29, 1.82) is 0 Å². The van der Waals surface area contributed by atoms with E-state index in [0.717, 1.165) is 13.1 Å². The molecule has 3 rings (SSSR count). The molecule has 0 saturated carbocycles. The molecule has 2 nitrogen and oxygen atoms in total. The van der Waals surface area contributed by atoms with Crippen LogP contribution in [0.25, 0.3) is 0 Å². The van der Waals surface area contributed by atoms with E-state index in [2.05, 4.69) is 72.4 Å². The predicted molar refractivity (Wildman–Crippen MR) is 82.6 cm³/mol. The lowest BCUT2D eigenvalue weighted by Crippen LogP contribution is -2.29. The van der Waals surface area contributed by atoms with Gasteiger partial charge in [-0.2, -0.15) is 0 Å². The van der Waals surface area contributed by atoms with Crippen molar-refractivity contribution in [2.75, 3.05) is 32.1 Å². The molecule has 0 unspecified atom stereocenters. The summed E-state index contributed by atoms with van der Waals surface area (Å²) in [7, 11) is 4.24. The van der Waals surface area contributed by atoms with E-state index in [1.165, 1.54) is 21.2 Å². The topological polar surface area (TPSA) is 6.48 Å². The van der Waals surface area contributed by atoms with Gasteiger partial charge in [0, 0.05) is 22.9 Å². The Morgan fingerprint density at radius 3 is 1.95 bits per heavy atom. The number of likely N-dealkylation sites (N-methyl/N-ethyl adjacent to an activating group) is 1. The summed E-state index contributed by atoms with van der Waals surface area (Å²) < 4.78 is 0. The van der Waals surface area contributed by atoms with Gasteiger partial charge in [-0.15, -0.1) is 0 Å². The Hall–Kier alpha value is -1.45. The summed E-state index contributed by atoms with van der Waals surface area (Å²) in [5.74, 6) is 0. The molecular weight excluding hydrogens is 252 g/mol. The molecule has 0 aliphatic carbocycles. The second-order valence-electron chi connectivity index (χ2n) is 4.99. The highest BCUT2D eigenvalue weighted by Gasteiger charge is 2.22. The molecule has 2 aromatic carbocycles. The van der Waals surface area contributed by atoms with E-state index < -0.39 is 0 Å². The number of rotatable bonds is 3. The van der Waals surface area contributed by atoms with Gasteiger partial charge in [-0.1, -0.05) is 36.0 Å². The molecule has 0 fully saturated rings. The molecule has 0 N–H and O–H groups in total. The molecule has 19 heavy (non-hydrogen) atoms. The van der Waals surface area contributed by atoms with Gasteiger partial charge >= 0.3 is 0 Å². The van der Waals surface area contributed by atoms with E-state index in [-0.39, 0.29) is 0 Å². The lowest BCUT2D eigenvalue weighted by molar-refractivity contribution is 0.418. The minimum Gasteiger partial charge on any atom is -0.338 e. The lowest BCUT2D eigenvalue weighted by Gasteiger charge is -2.33. The first-order valence-electron chi connectivity index (χ1n) is 6.54. The first-order chi connectivity index (χ1) is 9.25. The molecule has 0 radical (unpaired) electrons. The molecule has 0 bridgehead atoms. The lowest BCUT2D eigenvalue weighted by atomic mass is 10.2. The van der Waals surface area contributed by atoms with Crippen LogP contribution in [0.5, 0.6) is 0 Å². The standard InChI is InChI=1S/C16H18N2S/c1-17(2)11-12-18-13-7-3-5-9-15(13)19-16-10-6-4-8-14(16)18/h3-10H,11-12H2,1-2H3. The van der Waals surface area contributed by atoms with E-state index in [9.17, 15) is 0 Å². The molecule has 1 aliphatic heterocycles. The van der Waals surface area contributed by atoms with E-state index in [0.29, 0.717) is 0 Å². The van der Waals surface area contributed by atoms with Crippen molar-refractivity contribution in [3.8, 4) is 0 Å². The van der Waals surface area contributed by atoms with Crippen molar-refractivity contribution in [2.45, 2.75) is 9.79 Å². The molecule has 2 aromatic rings. The molecule has 1 aliphatic rings. The summed E-state index contributed by atoms with van der Waals surface area (Å²) in [5, 5.41) is 0. The van der Waals surface area contributed by atoms with Crippen LogP contribution < -0.4 is 4.90 Å². The first kappa shape index (κ1) is 12.6. The summed E-state index contributed by atoms with van der Waals surface area (Å²) in [4.78, 5) is 7.36. The van der Waals surface area contributed by atoms with Gasteiger partial charge in [0.2, 0.25) is 0 Å². The zero-order valence-electron chi connectivity index (χ0n) is 11.3. The third-order valence-electron chi connectivity index (χ3n) is 3.30. The van der Waals surface area contributed by atoms with Crippen LogP contribution >= 0.6 is 11.8 Å². The number of hydrogen-bond acceptors (Lipinski definition) is 3. The van der Waals surface area contributed by atoms with Crippen LogP contribution in [0.4, 0.5) is 11.4 Å². The van der Waals surface area contributed by atoms with Crippen LogP contribution in [0.15, 0.2) is 58.3 Å². The zero-order chi connectivity index (χ0) is 13.2. The first-order valence-corrected chi connectivity index (χ1v) is 7.35. The Bertz CT molecular complexity index is 535. The Balaban J connectivity index is 2.01. The van der Waals surface area contributed by atoms with Crippen LogP contribution in [-0.4, -0.2) is 32.1 Å². The van der Waals surface area contributed by atoms with Crippen molar-refractivity contribution in [1.82, 2.24) is 4.90 Å². The number of benzene rings is 2. The molecule has 0 atom stereocenters. The van der Waals surface area contributed by atoms with E-state index in [4.69, 9.17) is 0 Å². The Kier molecular flexibility index (Phi) is 3.49. The summed E-state index contributed by atoms with van der Waals surface area (Å²) in [6.07, 6.45) is 0. The molecule has 98 valence electrons. The summed E-state index contributed by atoms with van der Waals surface area (Å²) >= 11 is 1.87. The summed E-state index contributed by atoms with van der Waals surface area (Å²) in [6, 6.07) is 17.3. The van der Waals surface area contributed by atoms with E-state index in [1.54, 1.807) is 0 Å². The SMILES string of the molecule is CN(C)CCN1c2ccccc2Sc2ccccc21. The van der Waals surface area contributed by atoms with Crippen LogP contribution in [0.2, 0.25) is 0 Å². The highest BCUT2D eigenvalue weighted by molar-refractivity contribution is 7.99. The van der Waals surface area contributed by atoms with Crippen molar-refractivity contribution < 1.29 is 0 Å². The Morgan fingerprint density at radius 2 is 1.42 bits per heavy atom. The molecule has 0 saturated heterocycles. The number of nitrogens with zero attached hydrogens (tertiary/aromatic N) is 2. The fourth-order valence-corrected chi connectivity index (χ4v) is 3.42. The molecular formula is C16H18N2S. The predicted octanol–water partition coefficient (Wildman–Crippen LogP) is 3.85. The van der Waals surface area contributed by atoms with Crippen molar-refractivity contribution >= 4 is 23.1 Å². The smallest absolute Gasteiger partial charge is 0.0553 e. The van der Waals surface area contributed by atoms with Gasteiger partial charge in [0.1, 0.15) is 0 Å². The summed E-state index contributed by atoms with van der Waals surface area (Å²) in [6.45, 7) is 2.06. The second kappa shape index (κ2) is 5.27. The molecule has 0 aromatic heterocycles. The van der Waals surface area contributed by atoms with E-state index in [1.807, 2.05) is 11.8 Å². The monoisotopic (exact) mass is 270 g/mol. The molecule has 0 spiro atoms. The largest absolute Gasteiger partial charge is 0.338 e. The fourth-order valence-electron chi connectivity index (χ4n) is 2.32. The fraction of sp³-hybridized carbons (Fsp3) is 0.250. The van der Waals surface area contributed by atoms with Crippen molar-refractivity contribution in [3.63, 3.8) is 0 Å². The highest BCUT2D eigenvalue weighted by atomic mass is 32.2. The summed E-state index contributed by atoms with van der Waals surface area (Å²) in [5.41, 5.74) is 2.65. The Morgan fingerprint density at radius 1 is 0.895 bits per heavy atom. The molecule has 3 heteroatoms. The normalized spacial score (nSPS) is 13.3. The maximum Gasteiger partial charge on any atom is 0.0553 e. The number of fused-ring (bicyclic) bond motifs is 2. The Labute approximate surface area is 119 Å². The van der Waals surface area contributed by atoms with Gasteiger partial charge in [0.05, 0.1) is 11.4 Å². The van der Waals surface area contributed by atoms with Crippen LogP contribution in [0.3, 0.4) is 0 Å². The van der Waals surface area contributed by atoms with Crippen LogP contribution in [0, 0.1) is 0 Å². The molecule has 0 amide bonds. The highest BCUT2D eigenvalue weighted by Crippen LogP contribution is 2.47. The number of anilines is 2. The maximum absolute atomic E-state index is 2.43. The third-order valence-corrected chi connectivity index (χ3v) is 4.43. The van der Waals surface area contributed by atoms with E-state index >= 15 is 0 Å². The van der Waals surface area contributed by atoms with Gasteiger partial charge in [-0.3, -0.25) is 0 Å². The average Bonchev–Trinajstić information content (AvgIpc) is 2.43. The minimum absolute atomic E-state index is 1.02. The second-order valence-corrected chi connectivity index (χ2v) is 6.08. The quantitative estimate of drug-likeness (QED) is 0.836.